The zero-order chi connectivity index (χ0) is 17.0. The SMILES string of the molecule is CC(Cl)(Cl)C(=O)N1CCN(CCNc2cc(N)cc(Cl)c2)CC1. The molecule has 0 radical (unpaired) electrons. The van der Waals surface area contributed by atoms with Gasteiger partial charge >= 0.3 is 0 Å². The molecule has 0 saturated carbocycles. The number of hydrogen-bond acceptors (Lipinski definition) is 4. The Balaban J connectivity index is 1.74. The van der Waals surface area contributed by atoms with Crippen molar-refractivity contribution in [3.63, 3.8) is 0 Å². The van der Waals surface area contributed by atoms with Gasteiger partial charge in [0.1, 0.15) is 0 Å². The number of benzene rings is 1. The molecule has 1 saturated heterocycles. The maximum Gasteiger partial charge on any atom is 0.258 e. The van der Waals surface area contributed by atoms with E-state index in [2.05, 4.69) is 10.2 Å². The summed E-state index contributed by atoms with van der Waals surface area (Å²) in [4.78, 5) is 16.0. The van der Waals surface area contributed by atoms with Crippen molar-refractivity contribution >= 4 is 52.1 Å². The normalized spacial score (nSPS) is 16.4. The molecule has 1 aliphatic heterocycles. The summed E-state index contributed by atoms with van der Waals surface area (Å²) in [6.07, 6.45) is 0. The van der Waals surface area contributed by atoms with Crippen LogP contribution in [0.1, 0.15) is 6.92 Å². The van der Waals surface area contributed by atoms with E-state index in [-0.39, 0.29) is 5.91 Å². The second-order valence-electron chi connectivity index (χ2n) is 5.72. The number of anilines is 2. The lowest BCUT2D eigenvalue weighted by Crippen LogP contribution is -2.52. The summed E-state index contributed by atoms with van der Waals surface area (Å²) in [5.41, 5.74) is 7.30. The summed E-state index contributed by atoms with van der Waals surface area (Å²) < 4.78 is -1.35. The fraction of sp³-hybridized carbons (Fsp3) is 0.533. The molecule has 0 bridgehead atoms. The highest BCUT2D eigenvalue weighted by molar-refractivity contribution is 6.57. The van der Waals surface area contributed by atoms with Gasteiger partial charge in [-0.1, -0.05) is 34.8 Å². The summed E-state index contributed by atoms with van der Waals surface area (Å²) in [6, 6.07) is 5.41. The second-order valence-corrected chi connectivity index (χ2v) is 7.86. The number of nitrogens with two attached hydrogens (primary N) is 1. The first-order valence-corrected chi connectivity index (χ1v) is 8.58. The van der Waals surface area contributed by atoms with Crippen LogP contribution in [0.25, 0.3) is 0 Å². The summed E-state index contributed by atoms with van der Waals surface area (Å²) in [5, 5.41) is 3.92. The van der Waals surface area contributed by atoms with E-state index in [9.17, 15) is 4.79 Å². The molecule has 1 aromatic rings. The van der Waals surface area contributed by atoms with E-state index >= 15 is 0 Å². The Morgan fingerprint density at radius 2 is 1.91 bits per heavy atom. The lowest BCUT2D eigenvalue weighted by molar-refractivity contribution is -0.133. The quantitative estimate of drug-likeness (QED) is 0.610. The van der Waals surface area contributed by atoms with Gasteiger partial charge in [0.05, 0.1) is 0 Å². The molecule has 2 rings (SSSR count). The van der Waals surface area contributed by atoms with Crippen molar-refractivity contribution in [2.45, 2.75) is 11.3 Å². The maximum atomic E-state index is 12.0. The molecule has 0 unspecified atom stereocenters. The average Bonchev–Trinajstić information content (AvgIpc) is 2.45. The highest BCUT2D eigenvalue weighted by Crippen LogP contribution is 2.23. The Hall–Kier alpha value is -0.880. The monoisotopic (exact) mass is 378 g/mol. The zero-order valence-electron chi connectivity index (χ0n) is 13.0. The summed E-state index contributed by atoms with van der Waals surface area (Å²) in [5.74, 6) is -0.229. The highest BCUT2D eigenvalue weighted by Gasteiger charge is 2.33. The minimum atomic E-state index is -1.35. The van der Waals surface area contributed by atoms with Gasteiger partial charge in [0.15, 0.2) is 4.33 Å². The third-order valence-corrected chi connectivity index (χ3v) is 4.25. The first kappa shape index (κ1) is 18.5. The summed E-state index contributed by atoms with van der Waals surface area (Å²) in [6.45, 7) is 6.02. The molecule has 1 aliphatic rings. The van der Waals surface area contributed by atoms with Gasteiger partial charge in [0, 0.05) is 55.7 Å². The van der Waals surface area contributed by atoms with Crippen molar-refractivity contribution < 1.29 is 4.79 Å². The molecule has 3 N–H and O–H groups in total. The molecular formula is C15H21Cl3N4O. The Kier molecular flexibility index (Phi) is 6.26. The van der Waals surface area contributed by atoms with E-state index in [1.807, 2.05) is 12.1 Å². The van der Waals surface area contributed by atoms with Crippen molar-refractivity contribution in [3.8, 4) is 0 Å². The first-order chi connectivity index (χ1) is 10.8. The van der Waals surface area contributed by atoms with Gasteiger partial charge in [0.25, 0.3) is 5.91 Å². The van der Waals surface area contributed by atoms with E-state index in [4.69, 9.17) is 40.5 Å². The van der Waals surface area contributed by atoms with Crippen LogP contribution in [0, 0.1) is 0 Å². The Bertz CT molecular complexity index is 534. The van der Waals surface area contributed by atoms with Crippen molar-refractivity contribution in [3.05, 3.63) is 23.2 Å². The molecule has 0 spiro atoms. The van der Waals surface area contributed by atoms with E-state index in [1.54, 1.807) is 11.0 Å². The predicted molar refractivity (Wildman–Crippen MR) is 97.5 cm³/mol. The van der Waals surface area contributed by atoms with Crippen molar-refractivity contribution in [2.75, 3.05) is 50.3 Å². The van der Waals surface area contributed by atoms with Crippen LogP contribution >= 0.6 is 34.8 Å². The lowest BCUT2D eigenvalue weighted by Gasteiger charge is -2.36. The van der Waals surface area contributed by atoms with Crippen LogP contribution in [0.15, 0.2) is 18.2 Å². The largest absolute Gasteiger partial charge is 0.399 e. The Morgan fingerprint density at radius 3 is 2.48 bits per heavy atom. The van der Waals surface area contributed by atoms with Gasteiger partial charge in [-0.15, -0.1) is 0 Å². The third kappa shape index (κ3) is 5.60. The van der Waals surface area contributed by atoms with E-state index in [1.165, 1.54) is 6.92 Å². The van der Waals surface area contributed by atoms with E-state index in [0.29, 0.717) is 23.8 Å². The molecule has 1 heterocycles. The zero-order valence-corrected chi connectivity index (χ0v) is 15.3. The predicted octanol–water partition coefficient (Wildman–Crippen LogP) is 2.67. The smallest absolute Gasteiger partial charge is 0.258 e. The van der Waals surface area contributed by atoms with Crippen molar-refractivity contribution in [1.29, 1.82) is 0 Å². The number of amides is 1. The van der Waals surface area contributed by atoms with E-state index in [0.717, 1.165) is 31.9 Å². The molecule has 8 heteroatoms. The molecular weight excluding hydrogens is 359 g/mol. The fourth-order valence-electron chi connectivity index (χ4n) is 2.52. The fourth-order valence-corrected chi connectivity index (χ4v) is 3.01. The number of hydrogen-bond donors (Lipinski definition) is 2. The Morgan fingerprint density at radius 1 is 1.26 bits per heavy atom. The van der Waals surface area contributed by atoms with Crippen LogP contribution in [-0.2, 0) is 4.79 Å². The molecule has 0 atom stereocenters. The van der Waals surface area contributed by atoms with Gasteiger partial charge in [-0.2, -0.15) is 0 Å². The standard InChI is InChI=1S/C15H21Cl3N4O/c1-15(17,18)14(23)22-6-4-21(5-7-22)3-2-20-13-9-11(16)8-12(19)10-13/h8-10,20H,2-7,19H2,1H3. The van der Waals surface area contributed by atoms with Gasteiger partial charge in [-0.05, 0) is 25.1 Å². The van der Waals surface area contributed by atoms with Crippen LogP contribution in [0.4, 0.5) is 11.4 Å². The molecule has 128 valence electrons. The van der Waals surface area contributed by atoms with Gasteiger partial charge < -0.3 is 16.0 Å². The molecule has 0 aromatic heterocycles. The highest BCUT2D eigenvalue weighted by atomic mass is 35.5. The van der Waals surface area contributed by atoms with Crippen LogP contribution in [0.3, 0.4) is 0 Å². The lowest BCUT2D eigenvalue weighted by atomic mass is 10.2. The van der Waals surface area contributed by atoms with Crippen LogP contribution in [-0.4, -0.2) is 59.3 Å². The van der Waals surface area contributed by atoms with E-state index < -0.39 is 4.33 Å². The van der Waals surface area contributed by atoms with Gasteiger partial charge in [-0.25, -0.2) is 0 Å². The number of nitrogens with zero attached hydrogens (tertiary/aromatic N) is 2. The molecule has 1 aromatic carbocycles. The van der Waals surface area contributed by atoms with Gasteiger partial charge in [0.2, 0.25) is 0 Å². The number of piperazine rings is 1. The number of carbonyl (C=O) groups is 1. The van der Waals surface area contributed by atoms with Gasteiger partial charge in [-0.3, -0.25) is 9.69 Å². The minimum absolute atomic E-state index is 0.229. The molecule has 1 amide bonds. The minimum Gasteiger partial charge on any atom is -0.399 e. The summed E-state index contributed by atoms with van der Waals surface area (Å²) >= 11 is 17.7. The molecule has 23 heavy (non-hydrogen) atoms. The number of nitrogen functional groups attached to an aromatic ring is 1. The number of halogens is 3. The van der Waals surface area contributed by atoms with Crippen LogP contribution < -0.4 is 11.1 Å². The van der Waals surface area contributed by atoms with Crippen molar-refractivity contribution in [2.24, 2.45) is 0 Å². The number of rotatable bonds is 5. The Labute approximate surface area is 151 Å². The third-order valence-electron chi connectivity index (χ3n) is 3.71. The van der Waals surface area contributed by atoms with Crippen molar-refractivity contribution in [1.82, 2.24) is 9.80 Å². The maximum absolute atomic E-state index is 12.0. The summed E-state index contributed by atoms with van der Waals surface area (Å²) in [7, 11) is 0. The molecule has 5 nitrogen and oxygen atoms in total. The van der Waals surface area contributed by atoms with Crippen LogP contribution in [0.2, 0.25) is 5.02 Å². The first-order valence-electron chi connectivity index (χ1n) is 7.45. The molecule has 1 fully saturated rings. The second kappa shape index (κ2) is 7.79. The number of alkyl halides is 2. The molecule has 0 aliphatic carbocycles. The number of carbonyl (C=O) groups excluding carboxylic acids is 1. The number of nitrogens with one attached hydrogen (secondary N) is 1. The topological polar surface area (TPSA) is 61.6 Å². The van der Waals surface area contributed by atoms with Crippen LogP contribution in [0.5, 0.6) is 0 Å². The average molecular weight is 380 g/mol.